The van der Waals surface area contributed by atoms with Crippen LogP contribution < -0.4 is 5.32 Å². The fourth-order valence-electron chi connectivity index (χ4n) is 1.50. The zero-order chi connectivity index (χ0) is 14.7. The van der Waals surface area contributed by atoms with E-state index in [9.17, 15) is 14.7 Å². The van der Waals surface area contributed by atoms with Crippen molar-refractivity contribution in [1.29, 1.82) is 0 Å². The number of hydrogen-bond donors (Lipinski definition) is 4. The van der Waals surface area contributed by atoms with Gasteiger partial charge in [-0.1, -0.05) is 0 Å². The van der Waals surface area contributed by atoms with E-state index in [1.807, 2.05) is 0 Å². The quantitative estimate of drug-likeness (QED) is 0.672. The number of phenols is 2. The van der Waals surface area contributed by atoms with E-state index in [4.69, 9.17) is 10.2 Å². The molecule has 1 aromatic carbocycles. The largest absolute Gasteiger partial charge is 0.508 e. The summed E-state index contributed by atoms with van der Waals surface area (Å²) in [5.41, 5.74) is 0.119. The lowest BCUT2D eigenvalue weighted by molar-refractivity contribution is 0.0690. The molecule has 1 aromatic heterocycles. The van der Waals surface area contributed by atoms with E-state index in [1.165, 1.54) is 30.5 Å². The van der Waals surface area contributed by atoms with Gasteiger partial charge in [0, 0.05) is 6.07 Å². The van der Waals surface area contributed by atoms with E-state index < -0.39 is 11.9 Å². The number of phenolic OH excluding ortho intramolecular Hbond substituents is 2. The first-order valence-electron chi connectivity index (χ1n) is 5.50. The highest BCUT2D eigenvalue weighted by Gasteiger charge is 2.12. The van der Waals surface area contributed by atoms with Crippen LogP contribution in [0, 0.1) is 0 Å². The van der Waals surface area contributed by atoms with Gasteiger partial charge in [-0.25, -0.2) is 9.78 Å². The molecule has 7 heteroatoms. The van der Waals surface area contributed by atoms with Gasteiger partial charge in [0.05, 0.1) is 17.4 Å². The van der Waals surface area contributed by atoms with Crippen LogP contribution in [0.2, 0.25) is 0 Å². The summed E-state index contributed by atoms with van der Waals surface area (Å²) in [5.74, 6) is -2.30. The number of amides is 1. The number of carboxylic acid groups (broad SMARTS) is 1. The second-order valence-corrected chi connectivity index (χ2v) is 3.89. The first kappa shape index (κ1) is 13.3. The van der Waals surface area contributed by atoms with Crippen LogP contribution in [0.1, 0.15) is 20.8 Å². The minimum atomic E-state index is -1.17. The number of nitrogens with one attached hydrogen (secondary N) is 1. The van der Waals surface area contributed by atoms with Crippen molar-refractivity contribution in [3.8, 4) is 11.5 Å². The average molecular weight is 274 g/mol. The van der Waals surface area contributed by atoms with Gasteiger partial charge in [-0.2, -0.15) is 0 Å². The Morgan fingerprint density at radius 2 is 1.85 bits per heavy atom. The first-order chi connectivity index (χ1) is 9.47. The zero-order valence-corrected chi connectivity index (χ0v) is 10.1. The Bertz CT molecular complexity index is 667. The number of aromatic carboxylic acids is 1. The summed E-state index contributed by atoms with van der Waals surface area (Å²) in [6.45, 7) is 0. The van der Waals surface area contributed by atoms with Crippen LogP contribution in [0.3, 0.4) is 0 Å². The fourth-order valence-corrected chi connectivity index (χ4v) is 1.50. The van der Waals surface area contributed by atoms with Crippen molar-refractivity contribution in [2.24, 2.45) is 0 Å². The number of rotatable bonds is 3. The highest BCUT2D eigenvalue weighted by atomic mass is 16.4. The zero-order valence-electron chi connectivity index (χ0n) is 10.1. The molecule has 1 heterocycles. The molecule has 0 fully saturated rings. The van der Waals surface area contributed by atoms with Crippen molar-refractivity contribution in [2.45, 2.75) is 0 Å². The van der Waals surface area contributed by atoms with Crippen LogP contribution in [0.5, 0.6) is 11.5 Å². The van der Waals surface area contributed by atoms with Crippen molar-refractivity contribution < 1.29 is 24.9 Å². The van der Waals surface area contributed by atoms with Gasteiger partial charge in [-0.3, -0.25) is 4.79 Å². The van der Waals surface area contributed by atoms with E-state index in [0.29, 0.717) is 0 Å². The lowest BCUT2D eigenvalue weighted by atomic mass is 10.1. The number of carboxylic acids is 1. The molecule has 102 valence electrons. The van der Waals surface area contributed by atoms with Crippen LogP contribution in [0.25, 0.3) is 0 Å². The number of pyridine rings is 1. The molecular formula is C13H10N2O5. The summed E-state index contributed by atoms with van der Waals surface area (Å²) in [6, 6.07) is 6.20. The average Bonchev–Trinajstić information content (AvgIpc) is 2.39. The minimum Gasteiger partial charge on any atom is -0.508 e. The molecule has 0 aliphatic rings. The van der Waals surface area contributed by atoms with E-state index in [-0.39, 0.29) is 28.4 Å². The van der Waals surface area contributed by atoms with Gasteiger partial charge >= 0.3 is 5.97 Å². The number of carbonyl (C=O) groups is 2. The summed E-state index contributed by atoms with van der Waals surface area (Å²) < 4.78 is 0. The molecular weight excluding hydrogens is 264 g/mol. The predicted molar refractivity (Wildman–Crippen MR) is 68.9 cm³/mol. The molecule has 0 unspecified atom stereocenters. The van der Waals surface area contributed by atoms with Crippen molar-refractivity contribution in [3.05, 3.63) is 47.8 Å². The van der Waals surface area contributed by atoms with Crippen molar-refractivity contribution in [3.63, 3.8) is 0 Å². The number of nitrogens with zero attached hydrogens (tertiary/aromatic N) is 1. The highest BCUT2D eigenvalue weighted by Crippen LogP contribution is 2.23. The Labute approximate surface area is 113 Å². The van der Waals surface area contributed by atoms with Gasteiger partial charge < -0.3 is 20.6 Å². The van der Waals surface area contributed by atoms with Crippen LogP contribution in [-0.4, -0.2) is 32.2 Å². The summed E-state index contributed by atoms with van der Waals surface area (Å²) in [7, 11) is 0. The molecule has 0 aliphatic carbocycles. The second kappa shape index (κ2) is 5.27. The first-order valence-corrected chi connectivity index (χ1v) is 5.50. The van der Waals surface area contributed by atoms with Crippen molar-refractivity contribution in [1.82, 2.24) is 4.98 Å². The smallest absolute Gasteiger partial charge is 0.354 e. The maximum Gasteiger partial charge on any atom is 0.354 e. The van der Waals surface area contributed by atoms with Gasteiger partial charge in [0.2, 0.25) is 0 Å². The fraction of sp³-hybridized carbons (Fsp3) is 0. The lowest BCUT2D eigenvalue weighted by Crippen LogP contribution is -2.12. The number of aromatic nitrogens is 1. The normalized spacial score (nSPS) is 10.0. The van der Waals surface area contributed by atoms with Crippen LogP contribution >= 0.6 is 0 Å². The van der Waals surface area contributed by atoms with Gasteiger partial charge in [0.25, 0.3) is 5.91 Å². The molecule has 0 saturated heterocycles. The summed E-state index contributed by atoms with van der Waals surface area (Å²) in [4.78, 5) is 26.1. The summed E-state index contributed by atoms with van der Waals surface area (Å²) in [5, 5.41) is 29.8. The molecule has 2 rings (SSSR count). The number of carbonyl (C=O) groups excluding carboxylic acids is 1. The highest BCUT2D eigenvalue weighted by molar-refractivity contribution is 6.06. The van der Waals surface area contributed by atoms with Crippen LogP contribution in [0.15, 0.2) is 36.5 Å². The number of aromatic hydroxyl groups is 2. The van der Waals surface area contributed by atoms with E-state index in [2.05, 4.69) is 10.3 Å². The number of hydrogen-bond acceptors (Lipinski definition) is 5. The Kier molecular flexibility index (Phi) is 3.52. The predicted octanol–water partition coefficient (Wildman–Crippen LogP) is 1.44. The molecule has 2 aromatic rings. The number of benzene rings is 1. The molecule has 0 atom stereocenters. The van der Waals surface area contributed by atoms with Gasteiger partial charge in [0.15, 0.2) is 0 Å². The maximum absolute atomic E-state index is 11.9. The van der Waals surface area contributed by atoms with Crippen molar-refractivity contribution >= 4 is 17.6 Å². The van der Waals surface area contributed by atoms with Gasteiger partial charge in [0.1, 0.15) is 17.2 Å². The van der Waals surface area contributed by atoms with Gasteiger partial charge in [-0.15, -0.1) is 0 Å². The van der Waals surface area contributed by atoms with E-state index in [1.54, 1.807) is 0 Å². The Balaban J connectivity index is 2.17. The van der Waals surface area contributed by atoms with E-state index in [0.717, 1.165) is 6.07 Å². The standard InChI is InChI=1S/C13H10N2O5/c16-8-2-3-9(11(17)5-8)12(18)15-7-1-4-10(13(19)20)14-6-7/h1-6,16-17H,(H,15,18)(H,19,20). The third kappa shape index (κ3) is 2.83. The third-order valence-electron chi connectivity index (χ3n) is 2.47. The van der Waals surface area contributed by atoms with Crippen LogP contribution in [-0.2, 0) is 0 Å². The Hall–Kier alpha value is -3.09. The molecule has 0 saturated carbocycles. The molecule has 0 aliphatic heterocycles. The maximum atomic E-state index is 11.9. The molecule has 4 N–H and O–H groups in total. The molecule has 20 heavy (non-hydrogen) atoms. The minimum absolute atomic E-state index is 0.0230. The molecule has 0 radical (unpaired) electrons. The number of anilines is 1. The van der Waals surface area contributed by atoms with Gasteiger partial charge in [-0.05, 0) is 24.3 Å². The monoisotopic (exact) mass is 274 g/mol. The molecule has 1 amide bonds. The topological polar surface area (TPSA) is 120 Å². The third-order valence-corrected chi connectivity index (χ3v) is 2.47. The lowest BCUT2D eigenvalue weighted by Gasteiger charge is -2.07. The molecule has 0 bridgehead atoms. The molecule has 0 spiro atoms. The second-order valence-electron chi connectivity index (χ2n) is 3.89. The summed E-state index contributed by atoms with van der Waals surface area (Å²) >= 11 is 0. The van der Waals surface area contributed by atoms with Crippen molar-refractivity contribution in [2.75, 3.05) is 5.32 Å². The van der Waals surface area contributed by atoms with Crippen LogP contribution in [0.4, 0.5) is 5.69 Å². The Morgan fingerprint density at radius 3 is 2.40 bits per heavy atom. The Morgan fingerprint density at radius 1 is 1.10 bits per heavy atom. The summed E-state index contributed by atoms with van der Waals surface area (Å²) in [6.07, 6.45) is 1.19. The molecule has 7 nitrogen and oxygen atoms in total. The SMILES string of the molecule is O=C(O)c1ccc(NC(=O)c2ccc(O)cc2O)cn1. The van der Waals surface area contributed by atoms with E-state index >= 15 is 0 Å².